The van der Waals surface area contributed by atoms with E-state index in [9.17, 15) is 8.42 Å². The Morgan fingerprint density at radius 2 is 1.51 bits per heavy atom. The average Bonchev–Trinajstić information content (AvgIpc) is 2.85. The van der Waals surface area contributed by atoms with Gasteiger partial charge in [0.15, 0.2) is 0 Å². The van der Waals surface area contributed by atoms with Gasteiger partial charge in [-0.05, 0) is 67.4 Å². The highest BCUT2D eigenvalue weighted by molar-refractivity contribution is 7.86. The second-order valence-electron chi connectivity index (χ2n) is 7.94. The molecule has 4 aromatic carbocycles. The number of nitrogen functional groups attached to an aromatic ring is 1. The largest absolute Gasteiger partial charge is 0.456 e. The van der Waals surface area contributed by atoms with Crippen molar-refractivity contribution in [1.82, 2.24) is 0 Å². The summed E-state index contributed by atoms with van der Waals surface area (Å²) in [6.45, 7) is 6.34. The van der Waals surface area contributed by atoms with Crippen LogP contribution in [0.3, 0.4) is 0 Å². The zero-order valence-electron chi connectivity index (χ0n) is 19.8. The van der Waals surface area contributed by atoms with Gasteiger partial charge in [0.1, 0.15) is 16.4 Å². The van der Waals surface area contributed by atoms with Gasteiger partial charge in [0, 0.05) is 24.5 Å². The summed E-state index contributed by atoms with van der Waals surface area (Å²) in [7, 11) is -4.38. The van der Waals surface area contributed by atoms with Crippen LogP contribution >= 0.6 is 0 Å². The van der Waals surface area contributed by atoms with Crippen LogP contribution in [0.4, 0.5) is 11.4 Å². The Bertz CT molecular complexity index is 1330. The van der Waals surface area contributed by atoms with E-state index >= 15 is 0 Å². The highest BCUT2D eigenvalue weighted by Crippen LogP contribution is 2.30. The molecule has 0 aliphatic heterocycles. The molecular weight excluding hydrogens is 460 g/mol. The number of aryl methyl sites for hydroxylation is 1. The highest BCUT2D eigenvalue weighted by Gasteiger charge is 2.17. The predicted octanol–water partition coefficient (Wildman–Crippen LogP) is 6.33. The van der Waals surface area contributed by atoms with Gasteiger partial charge in [-0.2, -0.15) is 8.42 Å². The molecule has 3 N–H and O–H groups in total. The van der Waals surface area contributed by atoms with Crippen LogP contribution in [0.5, 0.6) is 11.5 Å². The molecule has 0 aromatic heterocycles. The standard InChI is InChI=1S/C16H19N.C12H11NO4S/c1-3-17(13-15-9-5-4-6-10-15)16-11-7-8-14(2)12-16;13-9-6-7-11(12(8-9)18(14,15)16)17-10-4-2-1-3-5-10/h4-12H,3,13H2,1-2H3;1-8H,13H2,(H,14,15,16). The third-order valence-corrected chi connectivity index (χ3v) is 6.06. The maximum atomic E-state index is 11.2. The lowest BCUT2D eigenvalue weighted by molar-refractivity contribution is 0.450. The summed E-state index contributed by atoms with van der Waals surface area (Å²) in [5.74, 6) is 0.491. The Morgan fingerprint density at radius 3 is 2.11 bits per heavy atom. The van der Waals surface area contributed by atoms with Crippen molar-refractivity contribution in [2.45, 2.75) is 25.3 Å². The summed E-state index contributed by atoms with van der Waals surface area (Å²) in [6, 6.07) is 32.0. The lowest BCUT2D eigenvalue weighted by atomic mass is 10.1. The summed E-state index contributed by atoms with van der Waals surface area (Å²) >= 11 is 0. The average molecular weight is 491 g/mol. The first-order valence-electron chi connectivity index (χ1n) is 11.2. The van der Waals surface area contributed by atoms with Crippen LogP contribution < -0.4 is 15.4 Å². The normalized spacial score (nSPS) is 10.7. The number of ether oxygens (including phenoxy) is 1. The van der Waals surface area contributed by atoms with E-state index in [-0.39, 0.29) is 16.3 Å². The van der Waals surface area contributed by atoms with Gasteiger partial charge in [0.05, 0.1) is 0 Å². The van der Waals surface area contributed by atoms with Crippen molar-refractivity contribution >= 4 is 21.5 Å². The van der Waals surface area contributed by atoms with Crippen molar-refractivity contribution in [1.29, 1.82) is 0 Å². The highest BCUT2D eigenvalue weighted by atomic mass is 32.2. The van der Waals surface area contributed by atoms with Crippen molar-refractivity contribution < 1.29 is 17.7 Å². The zero-order valence-corrected chi connectivity index (χ0v) is 20.7. The molecule has 0 unspecified atom stereocenters. The molecule has 35 heavy (non-hydrogen) atoms. The molecule has 0 bridgehead atoms. The van der Waals surface area contributed by atoms with E-state index in [4.69, 9.17) is 15.0 Å². The molecule has 0 saturated heterocycles. The summed E-state index contributed by atoms with van der Waals surface area (Å²) in [5, 5.41) is 0. The van der Waals surface area contributed by atoms with E-state index in [1.807, 2.05) is 0 Å². The van der Waals surface area contributed by atoms with Gasteiger partial charge in [-0.1, -0.05) is 60.7 Å². The van der Waals surface area contributed by atoms with Crippen LogP contribution in [0.25, 0.3) is 0 Å². The maximum Gasteiger partial charge on any atom is 0.298 e. The van der Waals surface area contributed by atoms with Crippen molar-refractivity contribution in [3.63, 3.8) is 0 Å². The molecule has 182 valence electrons. The number of rotatable bonds is 7. The summed E-state index contributed by atoms with van der Waals surface area (Å²) in [4.78, 5) is 2.04. The van der Waals surface area contributed by atoms with Crippen molar-refractivity contribution in [3.05, 3.63) is 114 Å². The number of hydrogen-bond donors (Lipinski definition) is 2. The van der Waals surface area contributed by atoms with E-state index in [2.05, 4.69) is 73.3 Å². The Kier molecular flexibility index (Phi) is 8.89. The van der Waals surface area contributed by atoms with E-state index in [0.717, 1.165) is 19.2 Å². The van der Waals surface area contributed by atoms with Gasteiger partial charge in [-0.25, -0.2) is 0 Å². The molecule has 0 radical (unpaired) electrons. The van der Waals surface area contributed by atoms with Crippen molar-refractivity contribution in [3.8, 4) is 11.5 Å². The third-order valence-electron chi connectivity index (χ3n) is 5.18. The first kappa shape index (κ1) is 25.8. The van der Waals surface area contributed by atoms with Crippen molar-refractivity contribution in [2.75, 3.05) is 17.2 Å². The fourth-order valence-corrected chi connectivity index (χ4v) is 4.09. The van der Waals surface area contributed by atoms with E-state index in [0.29, 0.717) is 5.75 Å². The number of nitrogens with two attached hydrogens (primary N) is 1. The summed E-state index contributed by atoms with van der Waals surface area (Å²) in [5.41, 5.74) is 9.68. The molecule has 0 amide bonds. The Hall–Kier alpha value is -3.81. The molecule has 4 aromatic rings. The minimum Gasteiger partial charge on any atom is -0.456 e. The van der Waals surface area contributed by atoms with E-state index in [1.54, 1.807) is 30.3 Å². The first-order valence-corrected chi connectivity index (χ1v) is 12.7. The van der Waals surface area contributed by atoms with Crippen LogP contribution in [-0.4, -0.2) is 19.5 Å². The molecule has 0 aliphatic rings. The van der Waals surface area contributed by atoms with Gasteiger partial charge in [0.2, 0.25) is 0 Å². The lowest BCUT2D eigenvalue weighted by Crippen LogP contribution is -2.21. The Labute approximate surface area is 207 Å². The number of hydrogen-bond acceptors (Lipinski definition) is 5. The molecule has 7 heteroatoms. The van der Waals surface area contributed by atoms with E-state index in [1.165, 1.54) is 28.9 Å². The quantitative estimate of drug-likeness (QED) is 0.232. The molecule has 0 aliphatic carbocycles. The zero-order chi connectivity index (χ0) is 25.3. The molecule has 0 heterocycles. The lowest BCUT2D eigenvalue weighted by Gasteiger charge is -2.23. The van der Waals surface area contributed by atoms with Crippen molar-refractivity contribution in [2.24, 2.45) is 0 Å². The van der Waals surface area contributed by atoms with Crippen LogP contribution in [-0.2, 0) is 16.7 Å². The summed E-state index contributed by atoms with van der Waals surface area (Å²) in [6.07, 6.45) is 0. The Morgan fingerprint density at radius 1 is 0.857 bits per heavy atom. The number of para-hydroxylation sites is 1. The van der Waals surface area contributed by atoms with E-state index < -0.39 is 10.1 Å². The van der Waals surface area contributed by atoms with Crippen LogP contribution in [0, 0.1) is 6.92 Å². The molecule has 4 rings (SSSR count). The molecule has 0 saturated carbocycles. The monoisotopic (exact) mass is 490 g/mol. The maximum absolute atomic E-state index is 11.2. The molecule has 0 fully saturated rings. The minimum absolute atomic E-state index is 0.0258. The second-order valence-corrected chi connectivity index (χ2v) is 9.33. The SMILES string of the molecule is CCN(Cc1ccccc1)c1cccc(C)c1.Nc1ccc(Oc2ccccc2)c(S(=O)(=O)O)c1. The molecular formula is C28H30N2O4S. The number of benzene rings is 4. The van der Waals surface area contributed by atoms with Gasteiger partial charge < -0.3 is 15.4 Å². The van der Waals surface area contributed by atoms with Gasteiger partial charge in [0.25, 0.3) is 10.1 Å². The van der Waals surface area contributed by atoms with Gasteiger partial charge in [-0.3, -0.25) is 4.55 Å². The van der Waals surface area contributed by atoms with Crippen LogP contribution in [0.2, 0.25) is 0 Å². The topological polar surface area (TPSA) is 92.9 Å². The molecule has 0 atom stereocenters. The molecule has 6 nitrogen and oxygen atoms in total. The fraction of sp³-hybridized carbons (Fsp3) is 0.143. The van der Waals surface area contributed by atoms with Crippen LogP contribution in [0.15, 0.2) is 108 Å². The fourth-order valence-electron chi connectivity index (χ4n) is 3.44. The van der Waals surface area contributed by atoms with Gasteiger partial charge in [-0.15, -0.1) is 0 Å². The smallest absolute Gasteiger partial charge is 0.298 e. The number of nitrogens with zero attached hydrogens (tertiary/aromatic N) is 1. The minimum atomic E-state index is -4.38. The number of anilines is 2. The molecule has 0 spiro atoms. The van der Waals surface area contributed by atoms with Crippen LogP contribution in [0.1, 0.15) is 18.1 Å². The summed E-state index contributed by atoms with van der Waals surface area (Å²) < 4.78 is 36.9. The third kappa shape index (κ3) is 7.88. The second kappa shape index (κ2) is 12.1. The predicted molar refractivity (Wildman–Crippen MR) is 142 cm³/mol. The van der Waals surface area contributed by atoms with Gasteiger partial charge >= 0.3 is 0 Å². The Balaban J connectivity index is 0.000000196. The first-order chi connectivity index (χ1) is 16.8.